The van der Waals surface area contributed by atoms with Crippen molar-refractivity contribution in [3.63, 3.8) is 0 Å². The average Bonchev–Trinajstić information content (AvgIpc) is 2.41. The van der Waals surface area contributed by atoms with Crippen LogP contribution in [0, 0.1) is 5.82 Å². The Labute approximate surface area is 138 Å². The Morgan fingerprint density at radius 1 is 1.20 bits per heavy atom. The zero-order chi connectivity index (χ0) is 14.7. The van der Waals surface area contributed by atoms with Crippen molar-refractivity contribution in [2.24, 2.45) is 5.84 Å². The van der Waals surface area contributed by atoms with E-state index in [9.17, 15) is 4.39 Å². The van der Waals surface area contributed by atoms with Crippen molar-refractivity contribution in [2.75, 3.05) is 0 Å². The van der Waals surface area contributed by atoms with Gasteiger partial charge in [0.25, 0.3) is 0 Å². The first-order chi connectivity index (χ1) is 9.51. The van der Waals surface area contributed by atoms with E-state index in [1.54, 1.807) is 12.1 Å². The lowest BCUT2D eigenvalue weighted by Crippen LogP contribution is -2.29. The van der Waals surface area contributed by atoms with Crippen LogP contribution < -0.4 is 11.3 Å². The SMILES string of the molecule is NNC(Cc1ccc(Br)cc1F)c1ccc(Cl)c(Br)c1. The first-order valence-electron chi connectivity index (χ1n) is 5.86. The quantitative estimate of drug-likeness (QED) is 0.551. The van der Waals surface area contributed by atoms with Crippen LogP contribution in [-0.2, 0) is 6.42 Å². The number of halogens is 4. The van der Waals surface area contributed by atoms with Gasteiger partial charge in [-0.1, -0.05) is 39.7 Å². The van der Waals surface area contributed by atoms with Crippen molar-refractivity contribution in [2.45, 2.75) is 12.5 Å². The third-order valence-corrected chi connectivity index (χ3v) is 4.69. The van der Waals surface area contributed by atoms with Crippen LogP contribution in [-0.4, -0.2) is 0 Å². The molecule has 2 aromatic carbocycles. The lowest BCUT2D eigenvalue weighted by Gasteiger charge is -2.17. The maximum absolute atomic E-state index is 13.9. The Bertz CT molecular complexity index is 622. The van der Waals surface area contributed by atoms with E-state index < -0.39 is 0 Å². The summed E-state index contributed by atoms with van der Waals surface area (Å²) in [6, 6.07) is 10.3. The maximum atomic E-state index is 13.9. The molecule has 1 atom stereocenters. The lowest BCUT2D eigenvalue weighted by molar-refractivity contribution is 0.528. The Balaban J connectivity index is 2.26. The number of hydrogen-bond acceptors (Lipinski definition) is 2. The van der Waals surface area contributed by atoms with Crippen molar-refractivity contribution in [3.05, 3.63) is 67.3 Å². The average molecular weight is 423 g/mol. The van der Waals surface area contributed by atoms with Gasteiger partial charge >= 0.3 is 0 Å². The summed E-state index contributed by atoms with van der Waals surface area (Å²) in [4.78, 5) is 0. The lowest BCUT2D eigenvalue weighted by atomic mass is 9.99. The Kier molecular flexibility index (Phi) is 5.57. The van der Waals surface area contributed by atoms with Crippen LogP contribution in [0.4, 0.5) is 4.39 Å². The van der Waals surface area contributed by atoms with E-state index in [2.05, 4.69) is 37.3 Å². The summed E-state index contributed by atoms with van der Waals surface area (Å²) in [5.74, 6) is 5.33. The van der Waals surface area contributed by atoms with Crippen LogP contribution in [0.3, 0.4) is 0 Å². The van der Waals surface area contributed by atoms with Gasteiger partial charge in [-0.3, -0.25) is 11.3 Å². The molecule has 2 rings (SSSR count). The largest absolute Gasteiger partial charge is 0.271 e. The van der Waals surface area contributed by atoms with Crippen LogP contribution in [0.5, 0.6) is 0 Å². The molecule has 0 aliphatic heterocycles. The minimum Gasteiger partial charge on any atom is -0.271 e. The smallest absolute Gasteiger partial charge is 0.127 e. The van der Waals surface area contributed by atoms with Crippen LogP contribution in [0.15, 0.2) is 45.3 Å². The molecule has 0 saturated carbocycles. The van der Waals surface area contributed by atoms with Crippen LogP contribution >= 0.6 is 43.5 Å². The molecule has 0 saturated heterocycles. The minimum absolute atomic E-state index is 0.195. The predicted octanol–water partition coefficient (Wildman–Crippen LogP) is 4.75. The third-order valence-electron chi connectivity index (χ3n) is 2.99. The molecule has 20 heavy (non-hydrogen) atoms. The second kappa shape index (κ2) is 7.00. The van der Waals surface area contributed by atoms with Gasteiger partial charge < -0.3 is 0 Å². The molecule has 0 aliphatic rings. The van der Waals surface area contributed by atoms with Gasteiger partial charge in [-0.25, -0.2) is 4.39 Å². The summed E-state index contributed by atoms with van der Waals surface area (Å²) in [5.41, 5.74) is 4.25. The van der Waals surface area contributed by atoms with Gasteiger partial charge in [-0.05, 0) is 57.7 Å². The molecule has 0 fully saturated rings. The number of rotatable bonds is 4. The topological polar surface area (TPSA) is 38.0 Å². The third kappa shape index (κ3) is 3.80. The number of hydrogen-bond donors (Lipinski definition) is 2. The zero-order valence-corrected chi connectivity index (χ0v) is 14.3. The van der Waals surface area contributed by atoms with Crippen molar-refractivity contribution in [1.29, 1.82) is 0 Å². The molecule has 3 N–H and O–H groups in total. The number of nitrogens with one attached hydrogen (secondary N) is 1. The Morgan fingerprint density at radius 3 is 2.55 bits per heavy atom. The van der Waals surface area contributed by atoms with Gasteiger partial charge in [0.05, 0.1) is 11.1 Å². The monoisotopic (exact) mass is 420 g/mol. The molecule has 6 heteroatoms. The standard InChI is InChI=1S/C14H12Br2ClFN2/c15-10-3-1-8(13(18)7-10)6-14(20-19)9-2-4-12(17)11(16)5-9/h1-5,7,14,20H,6,19H2. The van der Waals surface area contributed by atoms with E-state index in [-0.39, 0.29) is 11.9 Å². The summed E-state index contributed by atoms with van der Waals surface area (Å²) in [7, 11) is 0. The highest BCUT2D eigenvalue weighted by atomic mass is 79.9. The number of benzene rings is 2. The van der Waals surface area contributed by atoms with Gasteiger partial charge in [0.15, 0.2) is 0 Å². The zero-order valence-electron chi connectivity index (χ0n) is 10.3. The summed E-state index contributed by atoms with van der Waals surface area (Å²) in [5, 5.41) is 0.624. The molecule has 0 aromatic heterocycles. The van der Waals surface area contributed by atoms with Crippen LogP contribution in [0.25, 0.3) is 0 Å². The van der Waals surface area contributed by atoms with Gasteiger partial charge in [0.2, 0.25) is 0 Å². The molecule has 0 aliphatic carbocycles. The molecular weight excluding hydrogens is 410 g/mol. The van der Waals surface area contributed by atoms with Crippen molar-refractivity contribution in [1.82, 2.24) is 5.43 Å². The highest BCUT2D eigenvalue weighted by Crippen LogP contribution is 2.28. The number of hydrazine groups is 1. The first kappa shape index (κ1) is 15.9. The minimum atomic E-state index is -0.257. The molecule has 2 aromatic rings. The molecule has 0 bridgehead atoms. The van der Waals surface area contributed by atoms with Crippen molar-refractivity contribution < 1.29 is 4.39 Å². The second-order valence-electron chi connectivity index (χ2n) is 4.33. The summed E-state index contributed by atoms with van der Waals surface area (Å²) < 4.78 is 15.4. The van der Waals surface area contributed by atoms with Crippen LogP contribution in [0.2, 0.25) is 5.02 Å². The second-order valence-corrected chi connectivity index (χ2v) is 6.51. The Hall–Kier alpha value is -0.460. The van der Waals surface area contributed by atoms with Crippen molar-refractivity contribution in [3.8, 4) is 0 Å². The molecule has 0 heterocycles. The van der Waals surface area contributed by atoms with Gasteiger partial charge in [0.1, 0.15) is 5.82 Å². The van der Waals surface area contributed by atoms with E-state index in [4.69, 9.17) is 17.4 Å². The predicted molar refractivity (Wildman–Crippen MR) is 87.0 cm³/mol. The van der Waals surface area contributed by atoms with Gasteiger partial charge in [-0.2, -0.15) is 0 Å². The molecule has 2 nitrogen and oxygen atoms in total. The van der Waals surface area contributed by atoms with E-state index in [1.807, 2.05) is 18.2 Å². The van der Waals surface area contributed by atoms with E-state index in [0.717, 1.165) is 10.0 Å². The van der Waals surface area contributed by atoms with E-state index in [1.165, 1.54) is 6.07 Å². The molecular formula is C14H12Br2ClFN2. The van der Waals surface area contributed by atoms with Crippen LogP contribution in [0.1, 0.15) is 17.2 Å². The first-order valence-corrected chi connectivity index (χ1v) is 7.82. The molecule has 1 unspecified atom stereocenters. The highest BCUT2D eigenvalue weighted by Gasteiger charge is 2.14. The molecule has 0 spiro atoms. The van der Waals surface area contributed by atoms with E-state index >= 15 is 0 Å². The Morgan fingerprint density at radius 2 is 1.95 bits per heavy atom. The molecule has 0 amide bonds. The summed E-state index contributed by atoms with van der Waals surface area (Å²) in [6.45, 7) is 0. The fourth-order valence-corrected chi connectivity index (χ4v) is 2.76. The summed E-state index contributed by atoms with van der Waals surface area (Å²) >= 11 is 12.6. The maximum Gasteiger partial charge on any atom is 0.127 e. The van der Waals surface area contributed by atoms with E-state index in [0.29, 0.717) is 21.5 Å². The van der Waals surface area contributed by atoms with Crippen molar-refractivity contribution >= 4 is 43.5 Å². The summed E-state index contributed by atoms with van der Waals surface area (Å²) in [6.07, 6.45) is 0.448. The number of nitrogens with two attached hydrogens (primary N) is 1. The van der Waals surface area contributed by atoms with Gasteiger partial charge in [-0.15, -0.1) is 0 Å². The fourth-order valence-electron chi connectivity index (χ4n) is 1.91. The fraction of sp³-hybridized carbons (Fsp3) is 0.143. The molecule has 0 radical (unpaired) electrons. The normalized spacial score (nSPS) is 12.4. The highest BCUT2D eigenvalue weighted by molar-refractivity contribution is 9.10. The molecule has 106 valence electrons. The van der Waals surface area contributed by atoms with Gasteiger partial charge in [0, 0.05) is 8.95 Å².